The van der Waals surface area contributed by atoms with Crippen LogP contribution < -0.4 is 5.32 Å². The summed E-state index contributed by atoms with van der Waals surface area (Å²) < 4.78 is 22.6. The molecule has 9 N–H and O–H groups in total. The van der Waals surface area contributed by atoms with Crippen molar-refractivity contribution < 1.29 is 64.6 Å². The molecule has 0 aromatic heterocycles. The Hall–Kier alpha value is -1.53. The van der Waals surface area contributed by atoms with Gasteiger partial charge >= 0.3 is 0 Å². The predicted octanol–water partition coefficient (Wildman–Crippen LogP) is 9.67. The van der Waals surface area contributed by atoms with Gasteiger partial charge in [0.05, 0.1) is 32.0 Å². The molecule has 0 spiro atoms. The van der Waals surface area contributed by atoms with E-state index in [-0.39, 0.29) is 18.9 Å². The second kappa shape index (κ2) is 44.6. The number of hydrogen-bond acceptors (Lipinski definition) is 13. The summed E-state index contributed by atoms with van der Waals surface area (Å²) in [6.45, 7) is 2.71. The maximum Gasteiger partial charge on any atom is 0.220 e. The lowest BCUT2D eigenvalue weighted by Gasteiger charge is -2.46. The summed E-state index contributed by atoms with van der Waals surface area (Å²) in [6, 6.07) is -0.925. The van der Waals surface area contributed by atoms with Crippen LogP contribution in [0.4, 0.5) is 0 Å². The molecule has 2 fully saturated rings. The quantitative estimate of drug-likeness (QED) is 0.0205. The molecule has 0 bridgehead atoms. The molecule has 0 radical (unpaired) electrons. The molecule has 0 saturated carbocycles. The molecule has 14 heteroatoms. The number of carbonyl (C=O) groups is 1. The SMILES string of the molecule is CCCC/C=C/CC/C=C/C(O)C(COC1OC(CO)C(OC2OC(CO)C(O)C(O)C2O)C(O)C1O)NC(=O)CCCCCCCCCCCCCCCCCCCCCCCCCCCCCCCC. The van der Waals surface area contributed by atoms with Crippen molar-refractivity contribution >= 4 is 5.91 Å². The highest BCUT2D eigenvalue weighted by molar-refractivity contribution is 5.76. The molecule has 2 aliphatic rings. The third kappa shape index (κ3) is 30.3. The zero-order valence-electron chi connectivity index (χ0n) is 45.4. The fourth-order valence-corrected chi connectivity index (χ4v) is 9.82. The summed E-state index contributed by atoms with van der Waals surface area (Å²) in [5, 5.41) is 86.6. The number of aliphatic hydroxyl groups is 8. The van der Waals surface area contributed by atoms with E-state index in [1.807, 2.05) is 6.08 Å². The van der Waals surface area contributed by atoms with Crippen LogP contribution in [0, 0.1) is 0 Å². The van der Waals surface area contributed by atoms with Gasteiger partial charge in [-0.25, -0.2) is 0 Å². The van der Waals surface area contributed by atoms with Crippen molar-refractivity contribution in [2.24, 2.45) is 0 Å². The first-order valence-corrected chi connectivity index (χ1v) is 29.6. The minimum atomic E-state index is -1.79. The largest absolute Gasteiger partial charge is 0.394 e. The van der Waals surface area contributed by atoms with Crippen molar-refractivity contribution in [2.75, 3.05) is 19.8 Å². The van der Waals surface area contributed by atoms with Gasteiger partial charge in [-0.15, -0.1) is 0 Å². The topological polar surface area (TPSA) is 228 Å². The summed E-state index contributed by atoms with van der Waals surface area (Å²) in [6.07, 6.45) is 35.7. The molecule has 12 unspecified atom stereocenters. The molecule has 2 heterocycles. The molecule has 2 saturated heterocycles. The van der Waals surface area contributed by atoms with Gasteiger partial charge in [-0.3, -0.25) is 4.79 Å². The van der Waals surface area contributed by atoms with Gasteiger partial charge in [-0.05, 0) is 25.7 Å². The maximum atomic E-state index is 13.2. The number of carbonyl (C=O) groups excluding carboxylic acids is 1. The molecule has 1 amide bonds. The molecule has 0 aromatic carbocycles. The van der Waals surface area contributed by atoms with Crippen LogP contribution in [-0.2, 0) is 23.7 Å². The Bertz CT molecular complexity index is 1300. The molecule has 72 heavy (non-hydrogen) atoms. The van der Waals surface area contributed by atoms with Gasteiger partial charge < -0.3 is 65.1 Å². The van der Waals surface area contributed by atoms with Crippen molar-refractivity contribution in [3.8, 4) is 0 Å². The monoisotopic (exact) mass is 1030 g/mol. The van der Waals surface area contributed by atoms with Gasteiger partial charge in [-0.2, -0.15) is 0 Å². The number of unbranched alkanes of at least 4 members (excludes halogenated alkanes) is 32. The highest BCUT2D eigenvalue weighted by Gasteiger charge is 2.51. The van der Waals surface area contributed by atoms with Crippen LogP contribution in [0.2, 0.25) is 0 Å². The minimum absolute atomic E-state index is 0.249. The number of hydrogen-bond donors (Lipinski definition) is 9. The Morgan fingerprint density at radius 2 is 0.889 bits per heavy atom. The molecule has 424 valence electrons. The molecular formula is C58H109NO13. The van der Waals surface area contributed by atoms with Gasteiger partial charge in [0.1, 0.15) is 48.8 Å². The molecule has 14 nitrogen and oxygen atoms in total. The first kappa shape index (κ1) is 66.6. The Morgan fingerprint density at radius 1 is 0.486 bits per heavy atom. The Morgan fingerprint density at radius 3 is 1.35 bits per heavy atom. The van der Waals surface area contributed by atoms with Crippen molar-refractivity contribution in [1.29, 1.82) is 0 Å². The van der Waals surface area contributed by atoms with E-state index in [9.17, 15) is 45.6 Å². The van der Waals surface area contributed by atoms with E-state index in [0.29, 0.717) is 12.8 Å². The summed E-state index contributed by atoms with van der Waals surface area (Å²) in [5.74, 6) is -0.249. The maximum absolute atomic E-state index is 13.2. The highest BCUT2D eigenvalue weighted by Crippen LogP contribution is 2.30. The van der Waals surface area contributed by atoms with Crippen LogP contribution in [0.1, 0.15) is 245 Å². The number of ether oxygens (including phenoxy) is 4. The van der Waals surface area contributed by atoms with E-state index in [1.54, 1.807) is 6.08 Å². The van der Waals surface area contributed by atoms with Crippen LogP contribution in [-0.4, -0.2) is 140 Å². The molecule has 0 aromatic rings. The van der Waals surface area contributed by atoms with E-state index in [0.717, 1.165) is 44.9 Å². The van der Waals surface area contributed by atoms with Gasteiger partial charge in [0.15, 0.2) is 12.6 Å². The van der Waals surface area contributed by atoms with Gasteiger partial charge in [-0.1, -0.05) is 237 Å². The second-order valence-corrected chi connectivity index (χ2v) is 21.1. The molecule has 0 aliphatic carbocycles. The van der Waals surface area contributed by atoms with E-state index in [1.165, 1.54) is 167 Å². The van der Waals surface area contributed by atoms with Crippen molar-refractivity contribution in [2.45, 2.75) is 319 Å². The Labute approximate surface area is 437 Å². The van der Waals surface area contributed by atoms with E-state index >= 15 is 0 Å². The Balaban J connectivity index is 1.60. The summed E-state index contributed by atoms with van der Waals surface area (Å²) in [4.78, 5) is 13.2. The second-order valence-electron chi connectivity index (χ2n) is 21.1. The van der Waals surface area contributed by atoms with Crippen molar-refractivity contribution in [1.82, 2.24) is 5.32 Å². The zero-order chi connectivity index (χ0) is 52.4. The molecule has 2 rings (SSSR count). The number of nitrogens with one attached hydrogen (secondary N) is 1. The first-order chi connectivity index (χ1) is 35.1. The average molecular weight is 1030 g/mol. The van der Waals surface area contributed by atoms with E-state index < -0.39 is 86.8 Å². The highest BCUT2D eigenvalue weighted by atomic mass is 16.7. The predicted molar refractivity (Wildman–Crippen MR) is 286 cm³/mol. The smallest absolute Gasteiger partial charge is 0.220 e. The fraction of sp³-hybridized carbons (Fsp3) is 0.914. The van der Waals surface area contributed by atoms with E-state index in [2.05, 4.69) is 31.3 Å². The number of allylic oxidation sites excluding steroid dienone is 3. The van der Waals surface area contributed by atoms with Crippen LogP contribution in [0.25, 0.3) is 0 Å². The van der Waals surface area contributed by atoms with Gasteiger partial charge in [0, 0.05) is 6.42 Å². The molecule has 2 aliphatic heterocycles. The lowest BCUT2D eigenvalue weighted by Crippen LogP contribution is -2.65. The van der Waals surface area contributed by atoms with E-state index in [4.69, 9.17) is 18.9 Å². The van der Waals surface area contributed by atoms with Crippen molar-refractivity contribution in [3.63, 3.8) is 0 Å². The molecule has 12 atom stereocenters. The normalized spacial score (nSPS) is 25.7. The number of aliphatic hydroxyl groups excluding tert-OH is 8. The average Bonchev–Trinajstić information content (AvgIpc) is 3.38. The van der Waals surface area contributed by atoms with Gasteiger partial charge in [0.25, 0.3) is 0 Å². The summed E-state index contributed by atoms with van der Waals surface area (Å²) in [5.41, 5.74) is 0. The lowest BCUT2D eigenvalue weighted by molar-refractivity contribution is -0.359. The van der Waals surface area contributed by atoms with Crippen LogP contribution >= 0.6 is 0 Å². The summed E-state index contributed by atoms with van der Waals surface area (Å²) >= 11 is 0. The number of amides is 1. The summed E-state index contributed by atoms with van der Waals surface area (Å²) in [7, 11) is 0. The first-order valence-electron chi connectivity index (χ1n) is 29.6. The van der Waals surface area contributed by atoms with Crippen LogP contribution in [0.15, 0.2) is 24.3 Å². The third-order valence-electron chi connectivity index (χ3n) is 14.6. The molecular weight excluding hydrogens is 919 g/mol. The van der Waals surface area contributed by atoms with Crippen LogP contribution in [0.5, 0.6) is 0 Å². The van der Waals surface area contributed by atoms with Gasteiger partial charge in [0.2, 0.25) is 5.91 Å². The minimum Gasteiger partial charge on any atom is -0.394 e. The fourth-order valence-electron chi connectivity index (χ4n) is 9.82. The zero-order valence-corrected chi connectivity index (χ0v) is 45.4. The lowest BCUT2D eigenvalue weighted by atomic mass is 9.97. The standard InChI is InChI=1S/C58H109NO13/c1-3-5-7-9-11-13-14-15-16-17-18-19-20-21-22-23-24-25-26-27-28-29-30-31-32-33-34-36-38-40-42-50(63)59-46(47(62)41-39-37-35-12-10-8-6-4-2)45-69-57-55(68)53(66)56(49(44-61)71-57)72-58-54(67)52(65)51(64)48(43-60)70-58/h10,12,39,41,46-49,51-58,60-62,64-68H,3-9,11,13-38,40,42-45H2,1-2H3,(H,59,63)/b12-10+,41-39+. The third-order valence-corrected chi connectivity index (χ3v) is 14.6. The van der Waals surface area contributed by atoms with Crippen molar-refractivity contribution in [3.05, 3.63) is 24.3 Å². The number of rotatable bonds is 47. The Kier molecular flexibility index (Phi) is 41.2. The van der Waals surface area contributed by atoms with Crippen LogP contribution in [0.3, 0.4) is 0 Å².